The first-order valence-corrected chi connectivity index (χ1v) is 9.17. The number of carboxylic acids is 1. The highest BCUT2D eigenvalue weighted by atomic mass is 35.5. The van der Waals surface area contributed by atoms with E-state index in [0.717, 1.165) is 6.07 Å². The monoisotopic (exact) mass is 427 g/mol. The molecule has 0 amide bonds. The number of ether oxygens (including phenoxy) is 1. The molecule has 0 aliphatic heterocycles. The van der Waals surface area contributed by atoms with Crippen LogP contribution in [0.15, 0.2) is 47.4 Å². The highest BCUT2D eigenvalue weighted by Gasteiger charge is 2.23. The second-order valence-corrected chi connectivity index (χ2v) is 6.61. The maximum Gasteiger partial charge on any atom is 0.341 e. The molecule has 0 unspecified atom stereocenters. The first-order chi connectivity index (χ1) is 14.3. The summed E-state index contributed by atoms with van der Waals surface area (Å²) in [7, 11) is 0. The molecule has 7 nitrogen and oxygen atoms in total. The lowest BCUT2D eigenvalue weighted by Gasteiger charge is -2.20. The number of rotatable bonds is 6. The van der Waals surface area contributed by atoms with Crippen molar-refractivity contribution in [3.05, 3.63) is 80.5 Å². The quantitative estimate of drug-likeness (QED) is 0.598. The van der Waals surface area contributed by atoms with E-state index in [1.165, 1.54) is 41.1 Å². The molecular weight excluding hydrogens is 413 g/mol. The SMILES string of the molecule is CCn1c(OCc2ccc(F)nc2)cc(=O)c(C(=O)O)c1-c1ccc(C#N)c(Cl)c1. The number of aromatic carboxylic acids is 1. The fourth-order valence-electron chi connectivity index (χ4n) is 2.97. The predicted molar refractivity (Wildman–Crippen MR) is 107 cm³/mol. The Hall–Kier alpha value is -3.70. The lowest BCUT2D eigenvalue weighted by atomic mass is 10.0. The number of carbonyl (C=O) groups is 1. The third-order valence-electron chi connectivity index (χ3n) is 4.34. The first kappa shape index (κ1) is 21.0. The fourth-order valence-corrected chi connectivity index (χ4v) is 3.19. The zero-order valence-electron chi connectivity index (χ0n) is 15.7. The van der Waals surface area contributed by atoms with Crippen LogP contribution in [0, 0.1) is 17.3 Å². The van der Waals surface area contributed by atoms with Crippen LogP contribution >= 0.6 is 11.6 Å². The smallest absolute Gasteiger partial charge is 0.341 e. The Labute approximate surface area is 175 Å². The van der Waals surface area contributed by atoms with Crippen LogP contribution in [0.4, 0.5) is 4.39 Å². The Balaban J connectivity index is 2.15. The number of aromatic nitrogens is 2. The van der Waals surface area contributed by atoms with Gasteiger partial charge in [-0.05, 0) is 31.2 Å². The average Bonchev–Trinajstić information content (AvgIpc) is 2.72. The van der Waals surface area contributed by atoms with E-state index >= 15 is 0 Å². The average molecular weight is 428 g/mol. The summed E-state index contributed by atoms with van der Waals surface area (Å²) in [6, 6.07) is 10.1. The van der Waals surface area contributed by atoms with Crippen LogP contribution in [-0.4, -0.2) is 20.6 Å². The molecule has 0 spiro atoms. The van der Waals surface area contributed by atoms with Crippen molar-refractivity contribution in [2.75, 3.05) is 0 Å². The van der Waals surface area contributed by atoms with Crippen LogP contribution in [0.2, 0.25) is 5.02 Å². The molecule has 0 atom stereocenters. The summed E-state index contributed by atoms with van der Waals surface area (Å²) in [5.41, 5.74) is 0.0689. The summed E-state index contributed by atoms with van der Waals surface area (Å²) in [6.45, 7) is 2.04. The van der Waals surface area contributed by atoms with E-state index in [4.69, 9.17) is 21.6 Å². The number of pyridine rings is 2. The summed E-state index contributed by atoms with van der Waals surface area (Å²) in [4.78, 5) is 28.0. The van der Waals surface area contributed by atoms with E-state index in [1.807, 2.05) is 6.07 Å². The van der Waals surface area contributed by atoms with Crippen LogP contribution in [0.3, 0.4) is 0 Å². The third kappa shape index (κ3) is 4.16. The molecule has 3 rings (SSSR count). The number of nitrogens with zero attached hydrogens (tertiary/aromatic N) is 3. The van der Waals surface area contributed by atoms with Gasteiger partial charge >= 0.3 is 5.97 Å². The Bertz CT molecular complexity index is 1220. The van der Waals surface area contributed by atoms with Crippen LogP contribution in [0.1, 0.15) is 28.4 Å². The molecule has 0 aliphatic rings. The van der Waals surface area contributed by atoms with Crippen molar-refractivity contribution in [1.82, 2.24) is 9.55 Å². The standard InChI is InChI=1S/C21H15ClFN3O4/c1-2-26-18(30-11-12-3-6-17(23)25-10-12)8-16(27)19(21(28)29)20(26)13-4-5-14(9-24)15(22)7-13/h3-8,10H,2,11H2,1H3,(H,28,29). The zero-order valence-corrected chi connectivity index (χ0v) is 16.5. The Morgan fingerprint density at radius 1 is 1.33 bits per heavy atom. The number of benzene rings is 1. The summed E-state index contributed by atoms with van der Waals surface area (Å²) in [5, 5.41) is 18.8. The number of hydrogen-bond donors (Lipinski definition) is 1. The fraction of sp³-hybridized carbons (Fsp3) is 0.143. The van der Waals surface area contributed by atoms with Crippen LogP contribution in [0.5, 0.6) is 5.88 Å². The predicted octanol–water partition coefficient (Wildman–Crippen LogP) is 3.87. The van der Waals surface area contributed by atoms with E-state index in [2.05, 4.69) is 4.98 Å². The van der Waals surface area contributed by atoms with E-state index in [0.29, 0.717) is 11.1 Å². The molecule has 0 fully saturated rings. The summed E-state index contributed by atoms with van der Waals surface area (Å²) < 4.78 is 20.2. The van der Waals surface area contributed by atoms with Gasteiger partial charge in [0.2, 0.25) is 11.4 Å². The van der Waals surface area contributed by atoms with E-state index < -0.39 is 22.9 Å². The molecule has 3 aromatic rings. The van der Waals surface area contributed by atoms with Gasteiger partial charge in [0.05, 0.1) is 16.3 Å². The molecule has 0 saturated heterocycles. The number of halogens is 2. The zero-order chi connectivity index (χ0) is 21.8. The third-order valence-corrected chi connectivity index (χ3v) is 4.65. The van der Waals surface area contributed by atoms with Crippen LogP contribution < -0.4 is 10.2 Å². The van der Waals surface area contributed by atoms with Gasteiger partial charge in [0.1, 0.15) is 18.2 Å². The summed E-state index contributed by atoms with van der Waals surface area (Å²) in [5.74, 6) is -1.89. The minimum atomic E-state index is -1.40. The maximum atomic E-state index is 13.0. The first-order valence-electron chi connectivity index (χ1n) is 8.80. The Kier molecular flexibility index (Phi) is 6.14. The molecule has 2 aromatic heterocycles. The van der Waals surface area contributed by atoms with Crippen molar-refractivity contribution in [2.45, 2.75) is 20.1 Å². The van der Waals surface area contributed by atoms with Gasteiger partial charge in [0, 0.05) is 29.9 Å². The van der Waals surface area contributed by atoms with Gasteiger partial charge in [0.25, 0.3) is 0 Å². The molecule has 2 heterocycles. The second-order valence-electron chi connectivity index (χ2n) is 6.20. The van der Waals surface area contributed by atoms with Gasteiger partial charge < -0.3 is 14.4 Å². The van der Waals surface area contributed by atoms with E-state index in [9.17, 15) is 19.1 Å². The summed E-state index contributed by atoms with van der Waals surface area (Å²) in [6.07, 6.45) is 1.30. The van der Waals surface area contributed by atoms with Gasteiger partial charge in [-0.2, -0.15) is 9.65 Å². The highest BCUT2D eigenvalue weighted by molar-refractivity contribution is 6.32. The highest BCUT2D eigenvalue weighted by Crippen LogP contribution is 2.30. The van der Waals surface area contributed by atoms with Gasteiger partial charge in [-0.15, -0.1) is 0 Å². The van der Waals surface area contributed by atoms with Crippen molar-refractivity contribution in [2.24, 2.45) is 0 Å². The van der Waals surface area contributed by atoms with Crippen molar-refractivity contribution >= 4 is 17.6 Å². The van der Waals surface area contributed by atoms with Crippen LogP contribution in [0.25, 0.3) is 11.3 Å². The molecule has 9 heteroatoms. The van der Waals surface area contributed by atoms with Crippen molar-refractivity contribution < 1.29 is 19.0 Å². The van der Waals surface area contributed by atoms with E-state index in [-0.39, 0.29) is 35.3 Å². The topological polar surface area (TPSA) is 105 Å². The lowest BCUT2D eigenvalue weighted by molar-refractivity contribution is 0.0695. The number of hydrogen-bond acceptors (Lipinski definition) is 5. The molecule has 0 radical (unpaired) electrons. The van der Waals surface area contributed by atoms with Gasteiger partial charge in [-0.25, -0.2) is 9.78 Å². The van der Waals surface area contributed by atoms with Gasteiger partial charge in [-0.3, -0.25) is 4.79 Å². The molecule has 30 heavy (non-hydrogen) atoms. The maximum absolute atomic E-state index is 13.0. The Morgan fingerprint density at radius 3 is 2.67 bits per heavy atom. The van der Waals surface area contributed by atoms with Gasteiger partial charge in [0.15, 0.2) is 5.88 Å². The van der Waals surface area contributed by atoms with Gasteiger partial charge in [-0.1, -0.05) is 17.7 Å². The van der Waals surface area contributed by atoms with Crippen molar-refractivity contribution in [3.8, 4) is 23.2 Å². The van der Waals surface area contributed by atoms with Crippen LogP contribution in [-0.2, 0) is 13.2 Å². The molecule has 0 aliphatic carbocycles. The molecule has 152 valence electrons. The minimum Gasteiger partial charge on any atom is -0.477 e. The molecule has 0 saturated carbocycles. The Morgan fingerprint density at radius 2 is 2.10 bits per heavy atom. The number of nitriles is 1. The molecule has 1 N–H and O–H groups in total. The number of carboxylic acid groups (broad SMARTS) is 1. The lowest BCUT2D eigenvalue weighted by Crippen LogP contribution is -2.22. The van der Waals surface area contributed by atoms with E-state index in [1.54, 1.807) is 6.92 Å². The molecular formula is C21H15ClFN3O4. The normalized spacial score (nSPS) is 10.5. The largest absolute Gasteiger partial charge is 0.477 e. The van der Waals surface area contributed by atoms with Crippen molar-refractivity contribution in [3.63, 3.8) is 0 Å². The molecule has 0 bridgehead atoms. The van der Waals surface area contributed by atoms with Crippen molar-refractivity contribution in [1.29, 1.82) is 5.26 Å². The summed E-state index contributed by atoms with van der Waals surface area (Å²) >= 11 is 6.11. The molecule has 1 aromatic carbocycles. The minimum absolute atomic E-state index is 0.00724. The second kappa shape index (κ2) is 8.76.